The van der Waals surface area contributed by atoms with Crippen LogP contribution >= 0.6 is 27.7 Å². The molecule has 1 N–H and O–H groups in total. The summed E-state index contributed by atoms with van der Waals surface area (Å²) in [6.45, 7) is 1.86. The van der Waals surface area contributed by atoms with Gasteiger partial charge in [-0.25, -0.2) is 4.99 Å². The standard InChI is InChI=1S/C10H9BrN2OS/c1-6-9(14)13-10(15-6)12-8-4-2-3-7(11)5-8/h2-6H,1H3,(H,12,13,14)/t6-/m1/s1. The zero-order valence-electron chi connectivity index (χ0n) is 8.03. The van der Waals surface area contributed by atoms with Crippen molar-refractivity contribution in [2.45, 2.75) is 12.2 Å². The fourth-order valence-corrected chi connectivity index (χ4v) is 2.38. The number of rotatable bonds is 1. The fourth-order valence-electron chi connectivity index (χ4n) is 1.17. The average molecular weight is 285 g/mol. The van der Waals surface area contributed by atoms with Gasteiger partial charge < -0.3 is 5.32 Å². The predicted octanol–water partition coefficient (Wildman–Crippen LogP) is 2.69. The van der Waals surface area contributed by atoms with Crippen molar-refractivity contribution in [3.8, 4) is 0 Å². The number of benzene rings is 1. The number of carbonyl (C=O) groups excluding carboxylic acids is 1. The molecule has 0 unspecified atom stereocenters. The second-order valence-electron chi connectivity index (χ2n) is 3.15. The summed E-state index contributed by atoms with van der Waals surface area (Å²) in [6.07, 6.45) is 0. The van der Waals surface area contributed by atoms with Crippen LogP contribution < -0.4 is 5.32 Å². The number of nitrogens with zero attached hydrogens (tertiary/aromatic N) is 1. The Morgan fingerprint density at radius 1 is 1.53 bits per heavy atom. The number of nitrogens with one attached hydrogen (secondary N) is 1. The summed E-state index contributed by atoms with van der Waals surface area (Å²) < 4.78 is 0.978. The van der Waals surface area contributed by atoms with E-state index in [4.69, 9.17) is 0 Å². The van der Waals surface area contributed by atoms with Crippen LogP contribution in [0, 0.1) is 0 Å². The molecule has 1 saturated heterocycles. The van der Waals surface area contributed by atoms with Crippen LogP contribution in [0.25, 0.3) is 0 Å². The van der Waals surface area contributed by atoms with E-state index in [9.17, 15) is 4.79 Å². The molecule has 1 aliphatic heterocycles. The van der Waals surface area contributed by atoms with E-state index in [-0.39, 0.29) is 11.2 Å². The molecule has 1 fully saturated rings. The van der Waals surface area contributed by atoms with E-state index in [1.165, 1.54) is 11.8 Å². The van der Waals surface area contributed by atoms with Crippen LogP contribution in [0.15, 0.2) is 33.7 Å². The van der Waals surface area contributed by atoms with Crippen molar-refractivity contribution in [2.24, 2.45) is 4.99 Å². The van der Waals surface area contributed by atoms with Gasteiger partial charge in [0.1, 0.15) is 0 Å². The van der Waals surface area contributed by atoms with E-state index in [2.05, 4.69) is 26.2 Å². The summed E-state index contributed by atoms with van der Waals surface area (Å²) in [5.74, 6) is 0.0220. The summed E-state index contributed by atoms with van der Waals surface area (Å²) in [4.78, 5) is 15.6. The Morgan fingerprint density at radius 2 is 2.33 bits per heavy atom. The quantitative estimate of drug-likeness (QED) is 0.862. The molecular formula is C10H9BrN2OS. The summed E-state index contributed by atoms with van der Waals surface area (Å²) in [7, 11) is 0. The number of hydrogen-bond donors (Lipinski definition) is 1. The Kier molecular flexibility index (Phi) is 3.11. The summed E-state index contributed by atoms with van der Waals surface area (Å²) >= 11 is 4.82. The summed E-state index contributed by atoms with van der Waals surface area (Å²) in [5, 5.41) is 3.36. The molecule has 5 heteroatoms. The van der Waals surface area contributed by atoms with Gasteiger partial charge in [-0.15, -0.1) is 0 Å². The van der Waals surface area contributed by atoms with Crippen molar-refractivity contribution >= 4 is 44.5 Å². The number of amidine groups is 1. The second kappa shape index (κ2) is 4.37. The SMILES string of the molecule is C[C@H]1SC(=Nc2cccc(Br)c2)NC1=O. The van der Waals surface area contributed by atoms with Gasteiger partial charge in [0.25, 0.3) is 0 Å². The lowest BCUT2D eigenvalue weighted by Crippen LogP contribution is -2.23. The molecule has 0 aliphatic carbocycles. The Bertz CT molecular complexity index is 433. The van der Waals surface area contributed by atoms with E-state index in [1.807, 2.05) is 31.2 Å². The zero-order chi connectivity index (χ0) is 10.8. The van der Waals surface area contributed by atoms with Crippen LogP contribution in [0.4, 0.5) is 5.69 Å². The first-order valence-corrected chi connectivity index (χ1v) is 6.14. The molecule has 1 aromatic rings. The number of halogens is 1. The highest BCUT2D eigenvalue weighted by atomic mass is 79.9. The van der Waals surface area contributed by atoms with Gasteiger partial charge in [-0.05, 0) is 25.1 Å². The summed E-state index contributed by atoms with van der Waals surface area (Å²) in [6, 6.07) is 7.65. The van der Waals surface area contributed by atoms with Gasteiger partial charge >= 0.3 is 0 Å². The minimum atomic E-state index is -0.0455. The molecule has 1 atom stereocenters. The molecule has 0 aromatic heterocycles. The lowest BCUT2D eigenvalue weighted by molar-refractivity contribution is -0.118. The van der Waals surface area contributed by atoms with Gasteiger partial charge in [0, 0.05) is 4.47 Å². The number of carbonyl (C=O) groups is 1. The molecule has 3 nitrogen and oxygen atoms in total. The van der Waals surface area contributed by atoms with E-state index in [1.54, 1.807) is 0 Å². The Balaban J connectivity index is 2.21. The molecule has 78 valence electrons. The first kappa shape index (κ1) is 10.7. The number of aliphatic imine (C=N–C) groups is 1. The molecule has 1 amide bonds. The Labute approximate surface area is 100 Å². The molecule has 1 aliphatic rings. The maximum Gasteiger partial charge on any atom is 0.239 e. The van der Waals surface area contributed by atoms with Crippen molar-refractivity contribution in [1.82, 2.24) is 5.32 Å². The molecule has 0 spiro atoms. The number of thioether (sulfide) groups is 1. The van der Waals surface area contributed by atoms with Crippen molar-refractivity contribution in [3.63, 3.8) is 0 Å². The smallest absolute Gasteiger partial charge is 0.239 e. The third kappa shape index (κ3) is 2.60. The van der Waals surface area contributed by atoms with Gasteiger partial charge in [-0.1, -0.05) is 33.8 Å². The predicted molar refractivity (Wildman–Crippen MR) is 66.4 cm³/mol. The van der Waals surface area contributed by atoms with Crippen LogP contribution in [-0.2, 0) is 4.79 Å². The van der Waals surface area contributed by atoms with E-state index in [0.29, 0.717) is 5.17 Å². The third-order valence-corrected chi connectivity index (χ3v) is 3.40. The minimum absolute atomic E-state index is 0.0220. The van der Waals surface area contributed by atoms with E-state index in [0.717, 1.165) is 10.2 Å². The van der Waals surface area contributed by atoms with Gasteiger partial charge in [0.2, 0.25) is 5.91 Å². The highest BCUT2D eigenvalue weighted by Crippen LogP contribution is 2.24. The van der Waals surface area contributed by atoms with Crippen molar-refractivity contribution in [2.75, 3.05) is 0 Å². The molecule has 1 aromatic carbocycles. The first-order chi connectivity index (χ1) is 7.15. The molecule has 1 heterocycles. The van der Waals surface area contributed by atoms with Crippen molar-refractivity contribution in [3.05, 3.63) is 28.7 Å². The summed E-state index contributed by atoms with van der Waals surface area (Å²) in [5.41, 5.74) is 0.835. The molecule has 2 rings (SSSR count). The highest BCUT2D eigenvalue weighted by molar-refractivity contribution is 9.10. The van der Waals surface area contributed by atoms with Crippen LogP contribution in [-0.4, -0.2) is 16.3 Å². The normalized spacial score (nSPS) is 23.2. The molecular weight excluding hydrogens is 276 g/mol. The van der Waals surface area contributed by atoms with Gasteiger partial charge in [0.15, 0.2) is 5.17 Å². The molecule has 15 heavy (non-hydrogen) atoms. The fraction of sp³-hybridized carbons (Fsp3) is 0.200. The largest absolute Gasteiger partial charge is 0.304 e. The maximum absolute atomic E-state index is 11.2. The zero-order valence-corrected chi connectivity index (χ0v) is 10.4. The van der Waals surface area contributed by atoms with Gasteiger partial charge in [0.05, 0.1) is 10.9 Å². The van der Waals surface area contributed by atoms with E-state index < -0.39 is 0 Å². The van der Waals surface area contributed by atoms with Crippen LogP contribution in [0.2, 0.25) is 0 Å². The topological polar surface area (TPSA) is 41.5 Å². The lowest BCUT2D eigenvalue weighted by Gasteiger charge is -1.97. The van der Waals surface area contributed by atoms with Gasteiger partial charge in [-0.3, -0.25) is 4.79 Å². The van der Waals surface area contributed by atoms with Crippen molar-refractivity contribution in [1.29, 1.82) is 0 Å². The Hall–Kier alpha value is -0.810. The van der Waals surface area contributed by atoms with Crippen molar-refractivity contribution < 1.29 is 4.79 Å². The number of amides is 1. The molecule has 0 saturated carbocycles. The molecule has 0 radical (unpaired) electrons. The number of hydrogen-bond acceptors (Lipinski definition) is 3. The lowest BCUT2D eigenvalue weighted by atomic mass is 10.3. The average Bonchev–Trinajstić information content (AvgIpc) is 2.45. The maximum atomic E-state index is 11.2. The van der Waals surface area contributed by atoms with Crippen LogP contribution in [0.1, 0.15) is 6.92 Å². The Morgan fingerprint density at radius 3 is 2.93 bits per heavy atom. The monoisotopic (exact) mass is 284 g/mol. The van der Waals surface area contributed by atoms with Gasteiger partial charge in [-0.2, -0.15) is 0 Å². The molecule has 0 bridgehead atoms. The van der Waals surface area contributed by atoms with E-state index >= 15 is 0 Å². The minimum Gasteiger partial charge on any atom is -0.304 e. The highest BCUT2D eigenvalue weighted by Gasteiger charge is 2.25. The second-order valence-corrected chi connectivity index (χ2v) is 5.39. The van der Waals surface area contributed by atoms with Crippen LogP contribution in [0.3, 0.4) is 0 Å². The third-order valence-electron chi connectivity index (χ3n) is 1.93. The van der Waals surface area contributed by atoms with Crippen LogP contribution in [0.5, 0.6) is 0 Å². The first-order valence-electron chi connectivity index (χ1n) is 4.47.